The summed E-state index contributed by atoms with van der Waals surface area (Å²) in [5.41, 5.74) is -1.18. The Morgan fingerprint density at radius 2 is 1.06 bits per heavy atom. The fourth-order valence-corrected chi connectivity index (χ4v) is 1.51. The van der Waals surface area contributed by atoms with Crippen LogP contribution in [0.1, 0.15) is 34.6 Å². The first kappa shape index (κ1) is 13.8. The van der Waals surface area contributed by atoms with Gasteiger partial charge < -0.3 is 5.11 Å². The van der Waals surface area contributed by atoms with Crippen molar-refractivity contribution in [1.82, 2.24) is 0 Å². The molecule has 1 N–H and O–H groups in total. The lowest BCUT2D eigenvalue weighted by atomic mass is 9.85. The number of aliphatic carboxylic acids is 1. The van der Waals surface area contributed by atoms with Gasteiger partial charge in [0.05, 0.1) is 0 Å². The largest absolute Gasteiger partial charge is 0.480 e. The van der Waals surface area contributed by atoms with E-state index in [-0.39, 0.29) is 10.8 Å². The summed E-state index contributed by atoms with van der Waals surface area (Å²) in [5.74, 6) is -0.821. The maximum absolute atomic E-state index is 11.4. The Morgan fingerprint density at radius 3 is 1.35 bits per heavy atom. The molecule has 1 rings (SSSR count). The number of hydrogen-bond donors (Lipinski definition) is 1. The van der Waals surface area contributed by atoms with Gasteiger partial charge in [-0.15, -0.1) is 0 Å². The molecule has 0 bridgehead atoms. The van der Waals surface area contributed by atoms with Crippen LogP contribution in [0.4, 0.5) is 0 Å². The lowest BCUT2D eigenvalue weighted by molar-refractivity contribution is -0.142. The molecule has 0 aromatic heterocycles. The van der Waals surface area contributed by atoms with Crippen LogP contribution >= 0.6 is 0 Å². The Kier molecular flexibility index (Phi) is 3.37. The molecule has 17 heavy (non-hydrogen) atoms. The van der Waals surface area contributed by atoms with Crippen molar-refractivity contribution in [3.63, 3.8) is 0 Å². The SMILES string of the molecule is CC1(C)C=CC(C)(C)C=CC(C)(C(=O)O)C=C1. The highest BCUT2D eigenvalue weighted by Gasteiger charge is 2.29. The van der Waals surface area contributed by atoms with Gasteiger partial charge in [-0.2, -0.15) is 0 Å². The topological polar surface area (TPSA) is 37.3 Å². The maximum atomic E-state index is 11.4. The summed E-state index contributed by atoms with van der Waals surface area (Å²) in [4.78, 5) is 11.4. The van der Waals surface area contributed by atoms with Crippen LogP contribution in [0, 0.1) is 16.2 Å². The first-order valence-electron chi connectivity index (χ1n) is 5.91. The second kappa shape index (κ2) is 4.17. The molecule has 0 aromatic rings. The smallest absolute Gasteiger partial charge is 0.317 e. The Balaban J connectivity index is 3.28. The van der Waals surface area contributed by atoms with E-state index < -0.39 is 11.4 Å². The van der Waals surface area contributed by atoms with E-state index in [1.807, 2.05) is 12.2 Å². The summed E-state index contributed by atoms with van der Waals surface area (Å²) < 4.78 is 0. The van der Waals surface area contributed by atoms with E-state index in [9.17, 15) is 9.90 Å². The Hall–Kier alpha value is -1.31. The Labute approximate surface area is 104 Å². The number of carboxylic acid groups (broad SMARTS) is 1. The van der Waals surface area contributed by atoms with Crippen molar-refractivity contribution >= 4 is 5.97 Å². The molecule has 94 valence electrons. The molecule has 0 amide bonds. The maximum Gasteiger partial charge on any atom is 0.317 e. The zero-order valence-corrected chi connectivity index (χ0v) is 11.3. The van der Waals surface area contributed by atoms with Gasteiger partial charge in [-0.05, 0) is 6.92 Å². The summed E-state index contributed by atoms with van der Waals surface area (Å²) in [7, 11) is 0. The molecule has 2 nitrogen and oxygen atoms in total. The molecule has 1 aliphatic rings. The fraction of sp³-hybridized carbons (Fsp3) is 0.533. The number of allylic oxidation sites excluding steroid dienone is 4. The minimum atomic E-state index is -0.930. The van der Waals surface area contributed by atoms with Crippen LogP contribution in [-0.2, 0) is 4.79 Å². The summed E-state index contributed by atoms with van der Waals surface area (Å²) >= 11 is 0. The Morgan fingerprint density at radius 1 is 0.765 bits per heavy atom. The molecular formula is C15H22O2. The first-order chi connectivity index (χ1) is 7.56. The second-order valence-corrected chi connectivity index (χ2v) is 6.23. The van der Waals surface area contributed by atoms with Crippen LogP contribution in [0.25, 0.3) is 0 Å². The molecule has 0 unspecified atom stereocenters. The minimum absolute atomic E-state index is 0.125. The van der Waals surface area contributed by atoms with Gasteiger partial charge in [-0.3, -0.25) is 4.79 Å². The number of hydrogen-bond acceptors (Lipinski definition) is 1. The van der Waals surface area contributed by atoms with E-state index in [1.54, 1.807) is 19.1 Å². The molecule has 0 saturated heterocycles. The van der Waals surface area contributed by atoms with Crippen LogP contribution in [0.5, 0.6) is 0 Å². The molecular weight excluding hydrogens is 212 g/mol. The molecule has 0 radical (unpaired) electrons. The molecule has 0 aromatic carbocycles. The van der Waals surface area contributed by atoms with E-state index in [0.717, 1.165) is 0 Å². The normalized spacial score (nSPS) is 30.4. The zero-order valence-electron chi connectivity index (χ0n) is 11.3. The monoisotopic (exact) mass is 234 g/mol. The van der Waals surface area contributed by atoms with Gasteiger partial charge in [-0.1, -0.05) is 64.2 Å². The number of carboxylic acids is 1. The van der Waals surface area contributed by atoms with Gasteiger partial charge in [0, 0.05) is 10.8 Å². The lowest BCUT2D eigenvalue weighted by Crippen LogP contribution is -2.23. The van der Waals surface area contributed by atoms with E-state index in [4.69, 9.17) is 0 Å². The van der Waals surface area contributed by atoms with Crippen LogP contribution in [0.2, 0.25) is 0 Å². The first-order valence-corrected chi connectivity index (χ1v) is 5.91. The zero-order chi connectivity index (χ0) is 13.3. The van der Waals surface area contributed by atoms with Crippen molar-refractivity contribution < 1.29 is 9.90 Å². The molecule has 0 heterocycles. The second-order valence-electron chi connectivity index (χ2n) is 6.23. The molecule has 2 heteroatoms. The molecule has 0 aliphatic heterocycles. The third-order valence-electron chi connectivity index (χ3n) is 3.12. The van der Waals surface area contributed by atoms with Crippen molar-refractivity contribution in [2.24, 2.45) is 16.2 Å². The van der Waals surface area contributed by atoms with Gasteiger partial charge in [0.1, 0.15) is 5.41 Å². The van der Waals surface area contributed by atoms with Crippen molar-refractivity contribution in [2.75, 3.05) is 0 Å². The van der Waals surface area contributed by atoms with Crippen LogP contribution in [0.15, 0.2) is 36.5 Å². The Bertz CT molecular complexity index is 367. The molecule has 0 atom stereocenters. The van der Waals surface area contributed by atoms with E-state index in [1.165, 1.54) is 0 Å². The molecule has 0 fully saturated rings. The standard InChI is InChI=1S/C15H22O2/c1-13(2)6-7-14(3,4)9-11-15(5,10-8-13)12(16)17/h6-11H,1-5H3,(H,16,17). The number of carbonyl (C=O) groups is 1. The third kappa shape index (κ3) is 3.58. The van der Waals surface area contributed by atoms with Crippen LogP contribution < -0.4 is 0 Å². The predicted molar refractivity (Wildman–Crippen MR) is 70.7 cm³/mol. The van der Waals surface area contributed by atoms with Crippen LogP contribution in [0.3, 0.4) is 0 Å². The third-order valence-corrected chi connectivity index (χ3v) is 3.12. The van der Waals surface area contributed by atoms with Gasteiger partial charge >= 0.3 is 5.97 Å². The highest BCUT2D eigenvalue weighted by molar-refractivity contribution is 5.79. The average molecular weight is 234 g/mol. The molecule has 1 aliphatic carbocycles. The van der Waals surface area contributed by atoms with E-state index >= 15 is 0 Å². The molecule has 0 saturated carbocycles. The van der Waals surface area contributed by atoms with Gasteiger partial charge in [0.15, 0.2) is 0 Å². The quantitative estimate of drug-likeness (QED) is 0.700. The predicted octanol–water partition coefficient (Wildman–Crippen LogP) is 3.81. The average Bonchev–Trinajstić information content (AvgIpc) is 2.24. The number of rotatable bonds is 1. The van der Waals surface area contributed by atoms with E-state index in [0.29, 0.717) is 0 Å². The lowest BCUT2D eigenvalue weighted by Gasteiger charge is -2.19. The van der Waals surface area contributed by atoms with Crippen molar-refractivity contribution in [2.45, 2.75) is 34.6 Å². The fourth-order valence-electron chi connectivity index (χ4n) is 1.51. The minimum Gasteiger partial charge on any atom is -0.480 e. The highest BCUT2D eigenvalue weighted by atomic mass is 16.4. The summed E-state index contributed by atoms with van der Waals surface area (Å²) in [6, 6.07) is 0. The van der Waals surface area contributed by atoms with Crippen molar-refractivity contribution in [1.29, 1.82) is 0 Å². The summed E-state index contributed by atoms with van der Waals surface area (Å²) in [5, 5.41) is 9.32. The van der Waals surface area contributed by atoms with Crippen molar-refractivity contribution in [3.05, 3.63) is 36.5 Å². The summed E-state index contributed by atoms with van der Waals surface area (Å²) in [6.07, 6.45) is 11.7. The highest BCUT2D eigenvalue weighted by Crippen LogP contribution is 2.32. The van der Waals surface area contributed by atoms with Crippen LogP contribution in [-0.4, -0.2) is 11.1 Å². The van der Waals surface area contributed by atoms with Gasteiger partial charge in [0.2, 0.25) is 0 Å². The summed E-state index contributed by atoms with van der Waals surface area (Å²) in [6.45, 7) is 10.0. The van der Waals surface area contributed by atoms with Gasteiger partial charge in [-0.25, -0.2) is 0 Å². The van der Waals surface area contributed by atoms with E-state index in [2.05, 4.69) is 39.8 Å². The molecule has 0 spiro atoms. The van der Waals surface area contributed by atoms with Gasteiger partial charge in [0.25, 0.3) is 0 Å². The van der Waals surface area contributed by atoms with Crippen molar-refractivity contribution in [3.8, 4) is 0 Å².